The molecule has 8 atom stereocenters. The smallest absolute Gasteiger partial charge is 0.185 e. The van der Waals surface area contributed by atoms with Crippen molar-refractivity contribution in [3.63, 3.8) is 0 Å². The van der Waals surface area contributed by atoms with Gasteiger partial charge < -0.3 is 22.5 Å². The van der Waals surface area contributed by atoms with Crippen molar-refractivity contribution in [1.82, 2.24) is 0 Å². The molecule has 10 heteroatoms. The number of rotatable bonds is 13. The van der Waals surface area contributed by atoms with E-state index in [1.54, 1.807) is 5.57 Å². The largest absolute Gasteiger partial charge is 0.414 e. The van der Waals surface area contributed by atoms with Gasteiger partial charge in [0, 0.05) is 11.5 Å². The van der Waals surface area contributed by atoms with Crippen LogP contribution in [-0.2, 0) is 29.1 Å². The summed E-state index contributed by atoms with van der Waals surface area (Å²) in [6.45, 7) is 33.8. The highest BCUT2D eigenvalue weighted by molar-refractivity contribution is 6.71. The van der Waals surface area contributed by atoms with Crippen molar-refractivity contribution in [2.45, 2.75) is 162 Å². The third-order valence-corrected chi connectivity index (χ3v) is 16.0. The summed E-state index contributed by atoms with van der Waals surface area (Å²) in [5, 5.41) is 5.12. The van der Waals surface area contributed by atoms with Crippen LogP contribution in [0.25, 0.3) is 0 Å². The second kappa shape index (κ2) is 14.4. The van der Waals surface area contributed by atoms with Gasteiger partial charge >= 0.3 is 0 Å². The van der Waals surface area contributed by atoms with Crippen LogP contribution >= 0.6 is 0 Å². The predicted molar refractivity (Wildman–Crippen MR) is 219 cm³/mol. The van der Waals surface area contributed by atoms with Crippen LogP contribution in [0, 0.1) is 28.6 Å². The van der Waals surface area contributed by atoms with E-state index in [-0.39, 0.29) is 16.9 Å². The summed E-state index contributed by atoms with van der Waals surface area (Å²) in [5.74, 6) is 1.70. The molecular formula is C40H71NO5Si4. The number of benzene rings is 1. The monoisotopic (exact) mass is 757 g/mol. The summed E-state index contributed by atoms with van der Waals surface area (Å²) in [7, 11) is -7.66. The molecule has 50 heavy (non-hydrogen) atoms. The summed E-state index contributed by atoms with van der Waals surface area (Å²) in [6, 6.07) is 10.4. The number of hydrogen-bond acceptors (Lipinski definition) is 6. The SMILES string of the molecule is C[C@]12CCC(O[Si](C)(C)C)CC1=CC[C@@H]1[C@@H]2CC[C@@]2(C)[C@H]1CC(O[Si](C)(C)C)[C@]2(O[Si](C)(C)C)/C(CO[Si](C)(C)C)=N/OCc1ccccc1. The Morgan fingerprint density at radius 2 is 1.44 bits per heavy atom. The van der Waals surface area contributed by atoms with Gasteiger partial charge in [-0.3, -0.25) is 0 Å². The molecule has 0 bridgehead atoms. The lowest BCUT2D eigenvalue weighted by molar-refractivity contribution is -0.103. The van der Waals surface area contributed by atoms with Crippen molar-refractivity contribution >= 4 is 39.0 Å². The first-order chi connectivity index (χ1) is 23.0. The summed E-state index contributed by atoms with van der Waals surface area (Å²) >= 11 is 0. The van der Waals surface area contributed by atoms with E-state index in [0.29, 0.717) is 37.1 Å². The fraction of sp³-hybridized carbons (Fsp3) is 0.775. The van der Waals surface area contributed by atoms with Crippen LogP contribution in [0.1, 0.15) is 64.4 Å². The van der Waals surface area contributed by atoms with Crippen LogP contribution < -0.4 is 0 Å². The van der Waals surface area contributed by atoms with Crippen molar-refractivity contribution in [3.8, 4) is 0 Å². The first-order valence-corrected chi connectivity index (χ1v) is 33.2. The molecule has 0 radical (unpaired) electrons. The van der Waals surface area contributed by atoms with Crippen molar-refractivity contribution in [2.75, 3.05) is 6.61 Å². The maximum Gasteiger partial charge on any atom is 0.185 e. The molecule has 282 valence electrons. The zero-order chi connectivity index (χ0) is 37.0. The van der Waals surface area contributed by atoms with Crippen LogP contribution in [0.2, 0.25) is 78.6 Å². The lowest BCUT2D eigenvalue weighted by Crippen LogP contribution is -2.66. The van der Waals surface area contributed by atoms with Gasteiger partial charge in [-0.05, 0) is 152 Å². The van der Waals surface area contributed by atoms with Crippen LogP contribution in [0.4, 0.5) is 0 Å². The molecule has 4 aliphatic carbocycles. The van der Waals surface area contributed by atoms with Crippen LogP contribution in [0.5, 0.6) is 0 Å². The molecule has 0 spiro atoms. The molecule has 4 aliphatic rings. The maximum atomic E-state index is 7.75. The van der Waals surface area contributed by atoms with Gasteiger partial charge in [0.05, 0.1) is 12.7 Å². The second-order valence-corrected chi connectivity index (χ2v) is 38.3. The highest BCUT2D eigenvalue weighted by atomic mass is 28.4. The molecule has 2 unspecified atom stereocenters. The van der Waals surface area contributed by atoms with Gasteiger partial charge in [0.15, 0.2) is 33.3 Å². The van der Waals surface area contributed by atoms with Crippen molar-refractivity contribution in [1.29, 1.82) is 0 Å². The lowest BCUT2D eigenvalue weighted by Gasteiger charge is -2.60. The highest BCUT2D eigenvalue weighted by Crippen LogP contribution is 2.69. The molecule has 5 rings (SSSR count). The summed E-state index contributed by atoms with van der Waals surface area (Å²) in [6.07, 6.45) is 10.9. The quantitative estimate of drug-likeness (QED) is 0.0868. The molecule has 6 nitrogen and oxygen atoms in total. The minimum absolute atomic E-state index is 0.0991. The van der Waals surface area contributed by atoms with E-state index >= 15 is 0 Å². The third-order valence-electron chi connectivity index (χ3n) is 12.0. The van der Waals surface area contributed by atoms with Gasteiger partial charge in [-0.25, -0.2) is 0 Å². The number of hydrogen-bond donors (Lipinski definition) is 0. The molecule has 0 heterocycles. The zero-order valence-corrected chi connectivity index (χ0v) is 38.2. The highest BCUT2D eigenvalue weighted by Gasteiger charge is 2.71. The fourth-order valence-electron chi connectivity index (χ4n) is 10.3. The average Bonchev–Trinajstić information content (AvgIpc) is 3.20. The standard InChI is InChI=1S/C40H71NO5Si4/c1-38-24-22-32(44-48(6,7)8)26-31(38)20-21-33-34(38)23-25-39(2)35(33)27-37(45-49(9,10)11)40(39,46-50(12,13)14)36(29-43-47(3,4)5)41-42-28-30-18-16-15-17-19-30/h15-20,32-35,37H,21-29H2,1-14H3/b41-36+/t32?,33-,34+,35+,37?,38+,39+,40-/m1/s1. The second-order valence-electron chi connectivity index (χ2n) is 20.4. The van der Waals surface area contributed by atoms with Crippen molar-refractivity contribution in [3.05, 3.63) is 47.5 Å². The van der Waals surface area contributed by atoms with Gasteiger partial charge in [-0.1, -0.05) is 61.0 Å². The minimum atomic E-state index is -2.16. The predicted octanol–water partition coefficient (Wildman–Crippen LogP) is 11.0. The van der Waals surface area contributed by atoms with Crippen molar-refractivity contribution in [2.24, 2.45) is 33.7 Å². The van der Waals surface area contributed by atoms with Gasteiger partial charge in [-0.15, -0.1) is 0 Å². The first-order valence-electron chi connectivity index (χ1n) is 19.6. The van der Waals surface area contributed by atoms with E-state index < -0.39 is 38.9 Å². The molecule has 0 saturated heterocycles. The van der Waals surface area contributed by atoms with Crippen LogP contribution in [0.3, 0.4) is 0 Å². The molecule has 1 aromatic rings. The average molecular weight is 758 g/mol. The molecule has 0 aromatic heterocycles. The Morgan fingerprint density at radius 1 is 0.780 bits per heavy atom. The lowest BCUT2D eigenvalue weighted by atomic mass is 9.46. The van der Waals surface area contributed by atoms with E-state index in [0.717, 1.165) is 37.0 Å². The Kier molecular flexibility index (Phi) is 11.6. The fourth-order valence-corrected chi connectivity index (χ4v) is 14.6. The Morgan fingerprint density at radius 3 is 2.04 bits per heavy atom. The number of fused-ring (bicyclic) bond motifs is 5. The van der Waals surface area contributed by atoms with E-state index in [1.807, 2.05) is 6.07 Å². The Bertz CT molecular complexity index is 1390. The Balaban J connectivity index is 1.60. The zero-order valence-electron chi connectivity index (χ0n) is 34.2. The molecule has 0 N–H and O–H groups in total. The van der Waals surface area contributed by atoms with Gasteiger partial charge in [0.2, 0.25) is 0 Å². The van der Waals surface area contributed by atoms with Crippen molar-refractivity contribution < 1.29 is 22.5 Å². The van der Waals surface area contributed by atoms with E-state index in [9.17, 15) is 0 Å². The van der Waals surface area contributed by atoms with Gasteiger partial charge in [0.25, 0.3) is 0 Å². The molecular weight excluding hydrogens is 687 g/mol. The minimum Gasteiger partial charge on any atom is -0.414 e. The van der Waals surface area contributed by atoms with Gasteiger partial charge in [-0.2, -0.15) is 0 Å². The van der Waals surface area contributed by atoms with E-state index in [1.165, 1.54) is 19.3 Å². The summed E-state index contributed by atoms with van der Waals surface area (Å²) < 4.78 is 28.6. The summed E-state index contributed by atoms with van der Waals surface area (Å²) in [5.41, 5.74) is 3.03. The van der Waals surface area contributed by atoms with E-state index in [2.05, 4.69) is 123 Å². The third kappa shape index (κ3) is 8.74. The molecule has 0 aliphatic heterocycles. The number of allylic oxidation sites excluding steroid dienone is 1. The van der Waals surface area contributed by atoms with Gasteiger partial charge in [0.1, 0.15) is 17.9 Å². The Labute approximate surface area is 310 Å². The van der Waals surface area contributed by atoms with Crippen LogP contribution in [0.15, 0.2) is 47.1 Å². The molecule has 3 saturated carbocycles. The molecule has 0 amide bonds. The topological polar surface area (TPSA) is 58.5 Å². The first kappa shape index (κ1) is 40.3. The maximum absolute atomic E-state index is 7.75. The van der Waals surface area contributed by atoms with Crippen LogP contribution in [-0.4, -0.2) is 63.4 Å². The Hall–Kier alpha value is -0.862. The van der Waals surface area contributed by atoms with E-state index in [4.69, 9.17) is 27.7 Å². The number of nitrogens with zero attached hydrogens (tertiary/aromatic N) is 1. The molecule has 3 fully saturated rings. The molecule has 1 aromatic carbocycles. The summed E-state index contributed by atoms with van der Waals surface area (Å²) in [4.78, 5) is 6.34. The normalized spacial score (nSPS) is 35.2. The number of oxime groups is 1.